The van der Waals surface area contributed by atoms with E-state index in [-0.39, 0.29) is 5.91 Å². The van der Waals surface area contributed by atoms with Gasteiger partial charge in [-0.1, -0.05) is 23.2 Å². The van der Waals surface area contributed by atoms with Gasteiger partial charge >= 0.3 is 0 Å². The second-order valence-corrected chi connectivity index (χ2v) is 7.40. The molecule has 4 nitrogen and oxygen atoms in total. The zero-order chi connectivity index (χ0) is 15.5. The van der Waals surface area contributed by atoms with E-state index in [0.29, 0.717) is 19.9 Å². The van der Waals surface area contributed by atoms with Gasteiger partial charge in [0.25, 0.3) is 5.91 Å². The maximum Gasteiger partial charge on any atom is 0.258 e. The monoisotopic (exact) mass is 355 g/mol. The third-order valence-corrected chi connectivity index (χ3v) is 5.08. The van der Waals surface area contributed by atoms with Crippen LogP contribution in [-0.2, 0) is 0 Å². The third-order valence-electron chi connectivity index (χ3n) is 3.59. The molecule has 116 valence electrons. The Morgan fingerprint density at radius 3 is 2.73 bits per heavy atom. The summed E-state index contributed by atoms with van der Waals surface area (Å²) in [5, 5.41) is 2.90. The average molecular weight is 356 g/mol. The predicted octanol–water partition coefficient (Wildman–Crippen LogP) is 4.69. The van der Waals surface area contributed by atoms with Gasteiger partial charge in [0.05, 0.1) is 15.6 Å². The van der Waals surface area contributed by atoms with E-state index in [1.54, 1.807) is 12.3 Å². The van der Waals surface area contributed by atoms with Gasteiger partial charge < -0.3 is 10.2 Å². The van der Waals surface area contributed by atoms with Crippen LogP contribution in [0.15, 0.2) is 24.4 Å². The number of hydrogen-bond acceptors (Lipinski definition) is 4. The number of carbonyl (C=O) groups is 1. The Bertz CT molecular complexity index is 683. The Labute approximate surface area is 143 Å². The molecule has 1 aliphatic heterocycles. The summed E-state index contributed by atoms with van der Waals surface area (Å²) in [6, 6.07) is 5.25. The molecule has 1 fully saturated rings. The van der Waals surface area contributed by atoms with Crippen molar-refractivity contribution in [3.05, 3.63) is 38.6 Å². The first-order valence-corrected chi connectivity index (χ1v) is 8.68. The molecule has 0 radical (unpaired) electrons. The number of piperidine rings is 1. The van der Waals surface area contributed by atoms with Gasteiger partial charge in [-0.3, -0.25) is 4.79 Å². The molecule has 0 spiro atoms. The normalized spacial score (nSPS) is 14.9. The van der Waals surface area contributed by atoms with Crippen LogP contribution in [0, 0.1) is 0 Å². The van der Waals surface area contributed by atoms with Crippen LogP contribution < -0.4 is 10.2 Å². The molecule has 1 saturated heterocycles. The van der Waals surface area contributed by atoms with Gasteiger partial charge in [-0.15, -0.1) is 11.3 Å². The van der Waals surface area contributed by atoms with E-state index < -0.39 is 0 Å². The van der Waals surface area contributed by atoms with E-state index in [1.807, 2.05) is 12.1 Å². The van der Waals surface area contributed by atoms with E-state index in [1.165, 1.54) is 17.8 Å². The first-order chi connectivity index (χ1) is 10.6. The molecule has 0 atom stereocenters. The summed E-state index contributed by atoms with van der Waals surface area (Å²) in [4.78, 5) is 19.0. The summed E-state index contributed by atoms with van der Waals surface area (Å²) >= 11 is 13.1. The number of anilines is 2. The van der Waals surface area contributed by atoms with Crippen LogP contribution in [0.4, 0.5) is 11.5 Å². The number of thiophene rings is 1. The van der Waals surface area contributed by atoms with E-state index in [4.69, 9.17) is 23.2 Å². The van der Waals surface area contributed by atoms with Gasteiger partial charge in [-0.25, -0.2) is 4.98 Å². The highest BCUT2D eigenvalue weighted by Crippen LogP contribution is 2.32. The molecular weight excluding hydrogens is 341 g/mol. The molecule has 3 rings (SSSR count). The number of amides is 1. The molecule has 0 bridgehead atoms. The van der Waals surface area contributed by atoms with Crippen LogP contribution in [0.1, 0.15) is 29.6 Å². The number of aromatic nitrogens is 1. The van der Waals surface area contributed by atoms with Crippen LogP contribution in [0.5, 0.6) is 0 Å². The molecule has 2 aromatic heterocycles. The minimum Gasteiger partial charge on any atom is -0.355 e. The second kappa shape index (κ2) is 6.86. The molecule has 1 amide bonds. The highest BCUT2D eigenvalue weighted by molar-refractivity contribution is 7.20. The van der Waals surface area contributed by atoms with Crippen LogP contribution >= 0.6 is 34.5 Å². The topological polar surface area (TPSA) is 45.2 Å². The fraction of sp³-hybridized carbons (Fsp3) is 0.333. The Morgan fingerprint density at radius 1 is 1.27 bits per heavy atom. The summed E-state index contributed by atoms with van der Waals surface area (Å²) in [7, 11) is 0. The Hall–Kier alpha value is -1.30. The standard InChI is InChI=1S/C15H15Cl2N3OS/c16-12-9-10(13(17)22-12)15(21)19-11-5-4-6-18-14(11)20-7-2-1-3-8-20/h4-6,9H,1-3,7-8H2,(H,19,21). The molecule has 1 aliphatic rings. The smallest absolute Gasteiger partial charge is 0.258 e. The zero-order valence-corrected chi connectivity index (χ0v) is 14.1. The van der Waals surface area contributed by atoms with Crippen molar-refractivity contribution in [1.82, 2.24) is 4.98 Å². The number of nitrogens with zero attached hydrogens (tertiary/aromatic N) is 2. The molecule has 1 N–H and O–H groups in total. The molecule has 0 aromatic carbocycles. The number of rotatable bonds is 3. The lowest BCUT2D eigenvalue weighted by molar-refractivity contribution is 0.102. The number of nitrogens with one attached hydrogen (secondary N) is 1. The SMILES string of the molecule is O=C(Nc1cccnc1N1CCCCC1)c1cc(Cl)sc1Cl. The molecule has 0 aliphatic carbocycles. The van der Waals surface area contributed by atoms with Crippen molar-refractivity contribution < 1.29 is 4.79 Å². The number of hydrogen-bond donors (Lipinski definition) is 1. The fourth-order valence-corrected chi connectivity index (χ4v) is 4.00. The van der Waals surface area contributed by atoms with Crippen molar-refractivity contribution >= 4 is 52.0 Å². The van der Waals surface area contributed by atoms with Gasteiger partial charge in [0.2, 0.25) is 0 Å². The van der Waals surface area contributed by atoms with E-state index in [2.05, 4.69) is 15.2 Å². The summed E-state index contributed by atoms with van der Waals surface area (Å²) in [5.41, 5.74) is 1.10. The maximum atomic E-state index is 12.4. The van der Waals surface area contributed by atoms with E-state index in [9.17, 15) is 4.79 Å². The lowest BCUT2D eigenvalue weighted by Crippen LogP contribution is -2.31. The molecule has 3 heterocycles. The minimum absolute atomic E-state index is 0.264. The van der Waals surface area contributed by atoms with Gasteiger partial charge in [0.15, 0.2) is 5.82 Å². The highest BCUT2D eigenvalue weighted by atomic mass is 35.5. The summed E-state index contributed by atoms with van der Waals surface area (Å²) < 4.78 is 0.892. The zero-order valence-electron chi connectivity index (χ0n) is 11.8. The van der Waals surface area contributed by atoms with Crippen molar-refractivity contribution in [2.75, 3.05) is 23.3 Å². The first kappa shape index (κ1) is 15.6. The van der Waals surface area contributed by atoms with Crippen LogP contribution in [0.3, 0.4) is 0 Å². The van der Waals surface area contributed by atoms with Crippen molar-refractivity contribution in [1.29, 1.82) is 0 Å². The maximum absolute atomic E-state index is 12.4. The molecule has 2 aromatic rings. The second-order valence-electron chi connectivity index (χ2n) is 5.11. The largest absolute Gasteiger partial charge is 0.355 e. The Morgan fingerprint density at radius 2 is 2.05 bits per heavy atom. The minimum atomic E-state index is -0.264. The van der Waals surface area contributed by atoms with Crippen molar-refractivity contribution in [3.63, 3.8) is 0 Å². The number of halogens is 2. The average Bonchev–Trinajstić information content (AvgIpc) is 2.87. The van der Waals surface area contributed by atoms with Gasteiger partial charge in [-0.05, 0) is 37.5 Å². The summed E-state index contributed by atoms with van der Waals surface area (Å²) in [6.45, 7) is 1.93. The number of carbonyl (C=O) groups excluding carboxylic acids is 1. The van der Waals surface area contributed by atoms with Gasteiger partial charge in [-0.2, -0.15) is 0 Å². The molecule has 0 unspecified atom stereocenters. The first-order valence-electron chi connectivity index (χ1n) is 7.11. The number of pyridine rings is 1. The summed E-state index contributed by atoms with van der Waals surface area (Å²) in [5.74, 6) is 0.549. The lowest BCUT2D eigenvalue weighted by atomic mass is 10.1. The van der Waals surface area contributed by atoms with E-state index in [0.717, 1.165) is 31.7 Å². The molecule has 7 heteroatoms. The van der Waals surface area contributed by atoms with Crippen LogP contribution in [-0.4, -0.2) is 24.0 Å². The van der Waals surface area contributed by atoms with Crippen molar-refractivity contribution in [2.24, 2.45) is 0 Å². The summed E-state index contributed by atoms with van der Waals surface area (Å²) in [6.07, 6.45) is 5.29. The van der Waals surface area contributed by atoms with Crippen molar-refractivity contribution in [2.45, 2.75) is 19.3 Å². The van der Waals surface area contributed by atoms with Gasteiger partial charge in [0, 0.05) is 19.3 Å². The molecular formula is C15H15Cl2N3OS. The quantitative estimate of drug-likeness (QED) is 0.868. The van der Waals surface area contributed by atoms with Crippen LogP contribution in [0.2, 0.25) is 8.67 Å². The third kappa shape index (κ3) is 3.37. The van der Waals surface area contributed by atoms with E-state index >= 15 is 0 Å². The molecule has 0 saturated carbocycles. The van der Waals surface area contributed by atoms with Gasteiger partial charge in [0.1, 0.15) is 4.34 Å². The van der Waals surface area contributed by atoms with Crippen LogP contribution in [0.25, 0.3) is 0 Å². The fourth-order valence-electron chi connectivity index (χ4n) is 2.54. The van der Waals surface area contributed by atoms with Crippen molar-refractivity contribution in [3.8, 4) is 0 Å². The molecule has 22 heavy (non-hydrogen) atoms. The Balaban J connectivity index is 1.83. The predicted molar refractivity (Wildman–Crippen MR) is 92.6 cm³/mol. The highest BCUT2D eigenvalue weighted by Gasteiger charge is 2.19. The lowest BCUT2D eigenvalue weighted by Gasteiger charge is -2.29. The Kier molecular flexibility index (Phi) is 4.86.